The third kappa shape index (κ3) is 3.70. The van der Waals surface area contributed by atoms with Gasteiger partial charge in [-0.25, -0.2) is 9.36 Å². The number of hydrogen-bond donors (Lipinski definition) is 1. The molecule has 1 amide bonds. The van der Waals surface area contributed by atoms with Gasteiger partial charge in [0.05, 0.1) is 17.1 Å². The van der Waals surface area contributed by atoms with Crippen molar-refractivity contribution in [3.8, 4) is 17.1 Å². The number of rotatable bonds is 6. The lowest BCUT2D eigenvalue weighted by Gasteiger charge is -2.08. The van der Waals surface area contributed by atoms with E-state index in [-0.39, 0.29) is 17.9 Å². The molecule has 0 bridgehead atoms. The molecule has 30 heavy (non-hydrogen) atoms. The Bertz CT molecular complexity index is 1210. The molecule has 2 heterocycles. The Labute approximate surface area is 171 Å². The largest absolute Gasteiger partial charge is 0.484 e. The molecule has 0 saturated carbocycles. The number of carbonyl (C=O) groups excluding carboxylic acids is 1. The van der Waals surface area contributed by atoms with Crippen LogP contribution in [-0.2, 0) is 11.8 Å². The summed E-state index contributed by atoms with van der Waals surface area (Å²) in [5.74, 6) is 0.0824. The third-order valence-corrected chi connectivity index (χ3v) is 4.64. The minimum Gasteiger partial charge on any atom is -0.484 e. The monoisotopic (exact) mass is 405 g/mol. The molecular weight excluding hydrogens is 386 g/mol. The van der Waals surface area contributed by atoms with Crippen LogP contribution in [0.5, 0.6) is 5.75 Å². The van der Waals surface area contributed by atoms with E-state index in [4.69, 9.17) is 4.74 Å². The van der Waals surface area contributed by atoms with Gasteiger partial charge < -0.3 is 10.1 Å². The van der Waals surface area contributed by atoms with Crippen molar-refractivity contribution in [3.63, 3.8) is 0 Å². The summed E-state index contributed by atoms with van der Waals surface area (Å²) in [4.78, 5) is 25.2. The molecule has 152 valence electrons. The van der Waals surface area contributed by atoms with Crippen LogP contribution in [0.2, 0.25) is 0 Å². The number of ether oxygens (including phenoxy) is 1. The summed E-state index contributed by atoms with van der Waals surface area (Å²) in [6.07, 6.45) is 1.48. The van der Waals surface area contributed by atoms with Crippen molar-refractivity contribution in [3.05, 3.63) is 77.0 Å². The summed E-state index contributed by atoms with van der Waals surface area (Å²) >= 11 is 0. The van der Waals surface area contributed by atoms with Gasteiger partial charge in [-0.2, -0.15) is 0 Å². The molecule has 2 aromatic carbocycles. The molecule has 10 heteroatoms. The maximum atomic E-state index is 12.8. The minimum absolute atomic E-state index is 0.226. The summed E-state index contributed by atoms with van der Waals surface area (Å²) in [7, 11) is 1.77. The zero-order valence-electron chi connectivity index (χ0n) is 16.4. The van der Waals surface area contributed by atoms with Crippen molar-refractivity contribution in [2.24, 2.45) is 7.05 Å². The lowest BCUT2D eigenvalue weighted by molar-refractivity contribution is -0.118. The number of nitrogens with zero attached hydrogens (tertiary/aromatic N) is 6. The van der Waals surface area contributed by atoms with Crippen molar-refractivity contribution >= 4 is 11.6 Å². The predicted molar refractivity (Wildman–Crippen MR) is 109 cm³/mol. The molecule has 1 N–H and O–H groups in total. The molecule has 4 aromatic rings. The summed E-state index contributed by atoms with van der Waals surface area (Å²) in [6.45, 7) is 1.54. The van der Waals surface area contributed by atoms with Crippen LogP contribution in [0.1, 0.15) is 5.69 Å². The number of carbonyl (C=O) groups is 1. The standard InChI is InChI=1S/C20H19N7O3/c1-14-19(20(29)27(25(14)2)16-6-4-3-5-7-16)22-18(28)12-30-17-10-8-15(9-11-17)26-13-21-23-24-26/h3-11,13H,12H2,1-2H3,(H,22,28). The first kappa shape index (κ1) is 19.1. The van der Waals surface area contributed by atoms with Gasteiger partial charge in [0.1, 0.15) is 17.8 Å². The van der Waals surface area contributed by atoms with Crippen LogP contribution in [0.3, 0.4) is 0 Å². The van der Waals surface area contributed by atoms with Gasteiger partial charge in [-0.15, -0.1) is 5.10 Å². The van der Waals surface area contributed by atoms with E-state index in [0.717, 1.165) is 5.69 Å². The van der Waals surface area contributed by atoms with Gasteiger partial charge in [0.15, 0.2) is 6.61 Å². The van der Waals surface area contributed by atoms with Crippen LogP contribution >= 0.6 is 0 Å². The smallest absolute Gasteiger partial charge is 0.295 e. The number of amides is 1. The molecule has 2 aromatic heterocycles. The molecule has 0 fully saturated rings. The SMILES string of the molecule is Cc1c(NC(=O)COc2ccc(-n3cnnn3)cc2)c(=O)n(-c2ccccc2)n1C. The first-order valence-corrected chi connectivity index (χ1v) is 9.14. The Morgan fingerprint density at radius 1 is 1.07 bits per heavy atom. The highest BCUT2D eigenvalue weighted by molar-refractivity contribution is 5.92. The number of hydrogen-bond acceptors (Lipinski definition) is 6. The Balaban J connectivity index is 1.44. The molecule has 10 nitrogen and oxygen atoms in total. The van der Waals surface area contributed by atoms with Crippen molar-refractivity contribution in [1.29, 1.82) is 0 Å². The number of nitrogens with one attached hydrogen (secondary N) is 1. The molecule has 0 saturated heterocycles. The van der Waals surface area contributed by atoms with Crippen LogP contribution in [0, 0.1) is 6.92 Å². The lowest BCUT2D eigenvalue weighted by Crippen LogP contribution is -2.25. The second kappa shape index (κ2) is 8.03. The quantitative estimate of drug-likeness (QED) is 0.520. The minimum atomic E-state index is -0.425. The third-order valence-electron chi connectivity index (χ3n) is 4.64. The van der Waals surface area contributed by atoms with Gasteiger partial charge in [0, 0.05) is 7.05 Å². The maximum Gasteiger partial charge on any atom is 0.295 e. The second-order valence-corrected chi connectivity index (χ2v) is 6.52. The van der Waals surface area contributed by atoms with Crippen LogP contribution < -0.4 is 15.6 Å². The molecule has 0 atom stereocenters. The molecule has 0 aliphatic heterocycles. The molecular formula is C20H19N7O3. The molecule has 0 unspecified atom stereocenters. The fourth-order valence-electron chi connectivity index (χ4n) is 3.01. The number of tetrazole rings is 1. The van der Waals surface area contributed by atoms with Crippen molar-refractivity contribution < 1.29 is 9.53 Å². The van der Waals surface area contributed by atoms with E-state index >= 15 is 0 Å². The number of aromatic nitrogens is 6. The van der Waals surface area contributed by atoms with Gasteiger partial charge >= 0.3 is 0 Å². The van der Waals surface area contributed by atoms with Crippen molar-refractivity contribution in [1.82, 2.24) is 29.6 Å². The van der Waals surface area contributed by atoms with E-state index in [1.165, 1.54) is 15.7 Å². The zero-order chi connectivity index (χ0) is 21.1. The second-order valence-electron chi connectivity index (χ2n) is 6.52. The Hall–Kier alpha value is -4.21. The number of benzene rings is 2. The van der Waals surface area contributed by atoms with E-state index < -0.39 is 5.91 Å². The Morgan fingerprint density at radius 2 is 1.80 bits per heavy atom. The summed E-state index contributed by atoms with van der Waals surface area (Å²) in [6, 6.07) is 16.2. The summed E-state index contributed by atoms with van der Waals surface area (Å²) in [5, 5.41) is 13.6. The van der Waals surface area contributed by atoms with Crippen LogP contribution in [-0.4, -0.2) is 42.1 Å². The van der Waals surface area contributed by atoms with E-state index in [0.29, 0.717) is 17.1 Å². The summed E-state index contributed by atoms with van der Waals surface area (Å²) < 4.78 is 10.2. The Morgan fingerprint density at radius 3 is 2.47 bits per heavy atom. The molecule has 0 spiro atoms. The van der Waals surface area contributed by atoms with Crippen LogP contribution in [0.15, 0.2) is 65.7 Å². The van der Waals surface area contributed by atoms with Crippen LogP contribution in [0.4, 0.5) is 5.69 Å². The van der Waals surface area contributed by atoms with Crippen molar-refractivity contribution in [2.75, 3.05) is 11.9 Å². The predicted octanol–water partition coefficient (Wildman–Crippen LogP) is 1.48. The van der Waals surface area contributed by atoms with Crippen LogP contribution in [0.25, 0.3) is 11.4 Å². The Kier molecular flexibility index (Phi) is 5.12. The van der Waals surface area contributed by atoms with Gasteiger partial charge in [-0.1, -0.05) is 18.2 Å². The number of anilines is 1. The molecule has 4 rings (SSSR count). The van der Waals surface area contributed by atoms with Crippen molar-refractivity contribution in [2.45, 2.75) is 6.92 Å². The fraction of sp³-hybridized carbons (Fsp3) is 0.150. The van der Waals surface area contributed by atoms with E-state index in [9.17, 15) is 9.59 Å². The average molecular weight is 405 g/mol. The first-order valence-electron chi connectivity index (χ1n) is 9.14. The lowest BCUT2D eigenvalue weighted by atomic mass is 10.3. The maximum absolute atomic E-state index is 12.8. The highest BCUT2D eigenvalue weighted by atomic mass is 16.5. The van der Waals surface area contributed by atoms with E-state index in [2.05, 4.69) is 20.8 Å². The fourth-order valence-corrected chi connectivity index (χ4v) is 3.01. The zero-order valence-corrected chi connectivity index (χ0v) is 16.4. The highest BCUT2D eigenvalue weighted by Crippen LogP contribution is 2.16. The van der Waals surface area contributed by atoms with Gasteiger partial charge in [-0.3, -0.25) is 14.3 Å². The molecule has 0 aliphatic carbocycles. The van der Waals surface area contributed by atoms with Gasteiger partial charge in [0.2, 0.25) is 0 Å². The highest BCUT2D eigenvalue weighted by Gasteiger charge is 2.18. The van der Waals surface area contributed by atoms with Gasteiger partial charge in [-0.05, 0) is 53.7 Å². The number of para-hydroxylation sites is 1. The normalized spacial score (nSPS) is 10.7. The molecule has 0 aliphatic rings. The first-order chi connectivity index (χ1) is 14.5. The molecule has 0 radical (unpaired) electrons. The van der Waals surface area contributed by atoms with Gasteiger partial charge in [0.25, 0.3) is 11.5 Å². The van der Waals surface area contributed by atoms with E-state index in [1.54, 1.807) is 42.9 Å². The average Bonchev–Trinajstić information content (AvgIpc) is 3.37. The topological polar surface area (TPSA) is 109 Å². The van der Waals surface area contributed by atoms with E-state index in [1.807, 2.05) is 30.3 Å². The summed E-state index contributed by atoms with van der Waals surface area (Å²) in [5.41, 5.74) is 2.04.